The molecule has 0 fully saturated rings. The Morgan fingerprint density at radius 3 is 2.50 bits per heavy atom. The Morgan fingerprint density at radius 1 is 1.03 bits per heavy atom. The Morgan fingerprint density at radius 2 is 1.81 bits per heavy atom. The molecule has 6 N–H and O–H groups in total. The van der Waals surface area contributed by atoms with Crippen LogP contribution in [-0.2, 0) is 0 Å². The number of aromatic amines is 1. The van der Waals surface area contributed by atoms with E-state index in [2.05, 4.69) is 26.7 Å². The SMILES string of the molecule is N#C/C(=C(/N)Sc1ccccc1N)c1cccc(C(O)c2ccc(-c3nn[nH]n3)cc2)c1. The van der Waals surface area contributed by atoms with E-state index in [0.717, 1.165) is 10.5 Å². The lowest BCUT2D eigenvalue weighted by molar-refractivity contribution is 0.220. The monoisotopic (exact) mass is 441 g/mol. The van der Waals surface area contributed by atoms with Crippen LogP contribution >= 0.6 is 11.8 Å². The lowest BCUT2D eigenvalue weighted by Crippen LogP contribution is -2.02. The van der Waals surface area contributed by atoms with E-state index in [1.165, 1.54) is 11.8 Å². The van der Waals surface area contributed by atoms with E-state index in [4.69, 9.17) is 11.5 Å². The molecule has 0 aliphatic rings. The Hall–Kier alpha value is -4.13. The maximum absolute atomic E-state index is 10.9. The standard InChI is InChI=1S/C23H19N7OS/c24-13-18(22(26)32-20-7-2-1-6-19(20)25)16-4-3-5-17(12-16)21(31)14-8-10-15(11-9-14)23-27-29-30-28-23/h1-12,21,31H,25-26H2,(H,27,28,29,30)/b22-18+. The number of nitrogens with one attached hydrogen (secondary N) is 1. The summed E-state index contributed by atoms with van der Waals surface area (Å²) in [5, 5.41) is 34.8. The average Bonchev–Trinajstić information content (AvgIpc) is 3.36. The van der Waals surface area contributed by atoms with Gasteiger partial charge in [-0.1, -0.05) is 66.4 Å². The van der Waals surface area contributed by atoms with Crippen molar-refractivity contribution in [2.24, 2.45) is 5.73 Å². The second-order valence-corrected chi connectivity index (χ2v) is 7.96. The molecule has 4 rings (SSSR count). The molecule has 1 aromatic heterocycles. The van der Waals surface area contributed by atoms with Crippen molar-refractivity contribution in [3.8, 4) is 17.5 Å². The Kier molecular flexibility index (Phi) is 6.17. The van der Waals surface area contributed by atoms with E-state index in [9.17, 15) is 10.4 Å². The van der Waals surface area contributed by atoms with Crippen molar-refractivity contribution in [3.05, 3.63) is 94.5 Å². The van der Waals surface area contributed by atoms with Gasteiger partial charge >= 0.3 is 0 Å². The molecule has 1 heterocycles. The third-order valence-electron chi connectivity index (χ3n) is 4.82. The van der Waals surface area contributed by atoms with Crippen molar-refractivity contribution in [1.82, 2.24) is 20.6 Å². The molecule has 1 atom stereocenters. The topological polar surface area (TPSA) is 151 Å². The van der Waals surface area contributed by atoms with E-state index in [-0.39, 0.29) is 0 Å². The number of hydrogen-bond donors (Lipinski definition) is 4. The van der Waals surface area contributed by atoms with E-state index in [1.54, 1.807) is 42.5 Å². The number of rotatable bonds is 6. The van der Waals surface area contributed by atoms with Gasteiger partial charge in [0.2, 0.25) is 5.82 Å². The van der Waals surface area contributed by atoms with Crippen LogP contribution in [0.15, 0.2) is 82.7 Å². The molecule has 0 saturated carbocycles. The first-order valence-electron chi connectivity index (χ1n) is 9.61. The van der Waals surface area contributed by atoms with Crippen LogP contribution < -0.4 is 11.5 Å². The van der Waals surface area contributed by atoms with Crippen LogP contribution in [0.2, 0.25) is 0 Å². The summed E-state index contributed by atoms with van der Waals surface area (Å²) < 4.78 is 0. The van der Waals surface area contributed by atoms with E-state index in [1.807, 2.05) is 30.3 Å². The number of thioether (sulfide) groups is 1. The van der Waals surface area contributed by atoms with Gasteiger partial charge in [0, 0.05) is 16.1 Å². The largest absolute Gasteiger partial charge is 0.398 e. The van der Waals surface area contributed by atoms with Gasteiger partial charge in [-0.25, -0.2) is 0 Å². The van der Waals surface area contributed by atoms with Crippen LogP contribution in [0.5, 0.6) is 0 Å². The van der Waals surface area contributed by atoms with Crippen molar-refractivity contribution in [2.45, 2.75) is 11.0 Å². The van der Waals surface area contributed by atoms with Gasteiger partial charge in [-0.3, -0.25) is 0 Å². The van der Waals surface area contributed by atoms with Gasteiger partial charge in [0.25, 0.3) is 0 Å². The number of benzene rings is 3. The quantitative estimate of drug-likeness (QED) is 0.202. The molecule has 3 aromatic carbocycles. The normalized spacial score (nSPS) is 12.6. The molecule has 32 heavy (non-hydrogen) atoms. The van der Waals surface area contributed by atoms with Crippen LogP contribution in [0, 0.1) is 11.3 Å². The number of aliphatic hydroxyl groups excluding tert-OH is 1. The molecule has 8 nitrogen and oxygen atoms in total. The number of hydrogen-bond acceptors (Lipinski definition) is 8. The first-order chi connectivity index (χ1) is 15.6. The number of tetrazole rings is 1. The minimum Gasteiger partial charge on any atom is -0.398 e. The zero-order chi connectivity index (χ0) is 22.5. The van der Waals surface area contributed by atoms with Gasteiger partial charge < -0.3 is 16.6 Å². The van der Waals surface area contributed by atoms with E-state index < -0.39 is 6.10 Å². The first kappa shape index (κ1) is 21.1. The van der Waals surface area contributed by atoms with Gasteiger partial charge in [-0.15, -0.1) is 10.2 Å². The Balaban J connectivity index is 1.60. The van der Waals surface area contributed by atoms with Gasteiger partial charge in [-0.2, -0.15) is 10.5 Å². The molecule has 0 aliphatic heterocycles. The third-order valence-corrected chi connectivity index (χ3v) is 5.83. The van der Waals surface area contributed by atoms with Crippen molar-refractivity contribution >= 4 is 23.0 Å². The fourth-order valence-corrected chi connectivity index (χ4v) is 4.00. The molecule has 0 aliphatic carbocycles. The van der Waals surface area contributed by atoms with Crippen molar-refractivity contribution in [1.29, 1.82) is 5.26 Å². The summed E-state index contributed by atoms with van der Waals surface area (Å²) in [6.45, 7) is 0. The van der Waals surface area contributed by atoms with Gasteiger partial charge in [0.05, 0.1) is 10.6 Å². The number of aliphatic hydroxyl groups is 1. The van der Waals surface area contributed by atoms with Crippen molar-refractivity contribution in [3.63, 3.8) is 0 Å². The highest BCUT2D eigenvalue weighted by Gasteiger charge is 2.15. The number of aromatic nitrogens is 4. The molecular weight excluding hydrogens is 422 g/mol. The van der Waals surface area contributed by atoms with Crippen LogP contribution in [0.3, 0.4) is 0 Å². The van der Waals surface area contributed by atoms with E-state index >= 15 is 0 Å². The summed E-state index contributed by atoms with van der Waals surface area (Å²) >= 11 is 1.24. The molecule has 4 aromatic rings. The number of anilines is 1. The van der Waals surface area contributed by atoms with Crippen LogP contribution in [-0.4, -0.2) is 25.7 Å². The minimum absolute atomic E-state index is 0.319. The number of nitrogens with zero attached hydrogens (tertiary/aromatic N) is 4. The fourth-order valence-electron chi connectivity index (χ4n) is 3.16. The molecule has 158 valence electrons. The number of H-pyrrole nitrogens is 1. The molecule has 1 unspecified atom stereocenters. The molecule has 0 saturated heterocycles. The lowest BCUT2D eigenvalue weighted by atomic mass is 9.97. The van der Waals surface area contributed by atoms with Crippen molar-refractivity contribution in [2.75, 3.05) is 5.73 Å². The summed E-state index contributed by atoms with van der Waals surface area (Å²) in [5.74, 6) is 0.476. The first-order valence-corrected chi connectivity index (χ1v) is 10.4. The van der Waals surface area contributed by atoms with Gasteiger partial charge in [0.1, 0.15) is 12.2 Å². The lowest BCUT2D eigenvalue weighted by Gasteiger charge is -2.14. The second kappa shape index (κ2) is 9.34. The zero-order valence-electron chi connectivity index (χ0n) is 16.8. The molecule has 0 bridgehead atoms. The van der Waals surface area contributed by atoms with Crippen molar-refractivity contribution < 1.29 is 5.11 Å². The number of allylic oxidation sites excluding steroid dienone is 1. The fraction of sp³-hybridized carbons (Fsp3) is 0.0435. The van der Waals surface area contributed by atoms with Crippen LogP contribution in [0.25, 0.3) is 17.0 Å². The Labute approximate surface area is 188 Å². The highest BCUT2D eigenvalue weighted by molar-refractivity contribution is 8.03. The summed E-state index contributed by atoms with van der Waals surface area (Å²) in [7, 11) is 0. The molecule has 0 radical (unpaired) electrons. The summed E-state index contributed by atoms with van der Waals surface area (Å²) in [6.07, 6.45) is -0.882. The molecule has 0 spiro atoms. The Bertz CT molecular complexity index is 1290. The highest BCUT2D eigenvalue weighted by atomic mass is 32.2. The highest BCUT2D eigenvalue weighted by Crippen LogP contribution is 2.33. The number of para-hydroxylation sites is 1. The number of nitrogen functional groups attached to an aromatic ring is 1. The van der Waals surface area contributed by atoms with Gasteiger partial charge in [0.15, 0.2) is 0 Å². The number of nitrogens with two attached hydrogens (primary N) is 2. The number of nitriles is 1. The second-order valence-electron chi connectivity index (χ2n) is 6.88. The summed E-state index contributed by atoms with van der Waals surface area (Å²) in [6, 6.07) is 23.9. The third kappa shape index (κ3) is 4.46. The molecule has 0 amide bonds. The van der Waals surface area contributed by atoms with E-state index in [0.29, 0.717) is 38.8 Å². The zero-order valence-corrected chi connectivity index (χ0v) is 17.6. The molecule has 9 heteroatoms. The summed E-state index contributed by atoms with van der Waals surface area (Å²) in [4.78, 5) is 0.774. The maximum atomic E-state index is 10.9. The predicted octanol–water partition coefficient (Wildman–Crippen LogP) is 3.47. The average molecular weight is 442 g/mol. The summed E-state index contributed by atoms with van der Waals surface area (Å²) in [5.41, 5.74) is 15.9. The predicted molar refractivity (Wildman–Crippen MR) is 124 cm³/mol. The van der Waals surface area contributed by atoms with Crippen LogP contribution in [0.1, 0.15) is 22.8 Å². The van der Waals surface area contributed by atoms with Gasteiger partial charge in [-0.05, 0) is 40.1 Å². The maximum Gasteiger partial charge on any atom is 0.204 e. The smallest absolute Gasteiger partial charge is 0.204 e. The van der Waals surface area contributed by atoms with Crippen LogP contribution in [0.4, 0.5) is 5.69 Å². The molecular formula is C23H19N7OS. The minimum atomic E-state index is -0.882.